The van der Waals surface area contributed by atoms with Crippen LogP contribution in [-0.2, 0) is 6.54 Å². The second-order valence-corrected chi connectivity index (χ2v) is 7.05. The fourth-order valence-electron chi connectivity index (χ4n) is 3.18. The maximum atomic E-state index is 3.54. The highest BCUT2D eigenvalue weighted by Gasteiger charge is 2.32. The Balaban J connectivity index is 2.15. The zero-order valence-corrected chi connectivity index (χ0v) is 13.1. The number of aryl methyl sites for hydroxylation is 2. The van der Waals surface area contributed by atoms with Crippen LogP contribution in [-0.4, -0.2) is 30.6 Å². The van der Waals surface area contributed by atoms with E-state index in [2.05, 4.69) is 63.0 Å². The second kappa shape index (κ2) is 5.64. The van der Waals surface area contributed by atoms with Gasteiger partial charge in [-0.25, -0.2) is 0 Å². The first-order chi connectivity index (χ1) is 8.86. The predicted molar refractivity (Wildman–Crippen MR) is 82.4 cm³/mol. The molecule has 2 rings (SSSR count). The van der Waals surface area contributed by atoms with Gasteiger partial charge >= 0.3 is 0 Å². The van der Waals surface area contributed by atoms with Crippen LogP contribution in [0, 0.1) is 19.3 Å². The van der Waals surface area contributed by atoms with Crippen molar-refractivity contribution in [3.05, 3.63) is 34.9 Å². The lowest BCUT2D eigenvalue weighted by Gasteiger charge is -2.43. The number of benzene rings is 1. The Hall–Kier alpha value is -0.860. The highest BCUT2D eigenvalue weighted by Crippen LogP contribution is 2.27. The van der Waals surface area contributed by atoms with Gasteiger partial charge in [0.1, 0.15) is 0 Å². The summed E-state index contributed by atoms with van der Waals surface area (Å²) in [5.41, 5.74) is 4.52. The Kier molecular flexibility index (Phi) is 4.32. The molecule has 0 aromatic heterocycles. The van der Waals surface area contributed by atoms with E-state index in [0.717, 1.165) is 26.2 Å². The van der Waals surface area contributed by atoms with E-state index < -0.39 is 0 Å². The van der Waals surface area contributed by atoms with Crippen LogP contribution in [0.4, 0.5) is 0 Å². The van der Waals surface area contributed by atoms with E-state index in [4.69, 9.17) is 0 Å². The highest BCUT2D eigenvalue weighted by molar-refractivity contribution is 5.28. The van der Waals surface area contributed by atoms with Crippen molar-refractivity contribution in [2.75, 3.05) is 19.6 Å². The number of nitrogens with zero attached hydrogens (tertiary/aromatic N) is 1. The Labute approximate surface area is 118 Å². The summed E-state index contributed by atoms with van der Waals surface area (Å²) in [6.45, 7) is 15.9. The number of rotatable bonds is 2. The van der Waals surface area contributed by atoms with Gasteiger partial charge in [-0.15, -0.1) is 0 Å². The quantitative estimate of drug-likeness (QED) is 0.879. The van der Waals surface area contributed by atoms with E-state index in [9.17, 15) is 0 Å². The molecule has 1 atom stereocenters. The monoisotopic (exact) mass is 260 g/mol. The molecular formula is C17H28N2. The SMILES string of the molecule is Cc1cc(C)cc(CN2CCNCC2C(C)(C)C)c1. The summed E-state index contributed by atoms with van der Waals surface area (Å²) < 4.78 is 0. The Bertz CT molecular complexity index is 411. The fraction of sp³-hybridized carbons (Fsp3) is 0.647. The highest BCUT2D eigenvalue weighted by atomic mass is 15.2. The summed E-state index contributed by atoms with van der Waals surface area (Å²) in [6.07, 6.45) is 0. The summed E-state index contributed by atoms with van der Waals surface area (Å²) in [6, 6.07) is 7.52. The minimum absolute atomic E-state index is 0.326. The van der Waals surface area contributed by atoms with Crippen molar-refractivity contribution in [2.24, 2.45) is 5.41 Å². The minimum Gasteiger partial charge on any atom is -0.314 e. The fourth-order valence-corrected chi connectivity index (χ4v) is 3.18. The second-order valence-electron chi connectivity index (χ2n) is 7.05. The number of piperazine rings is 1. The molecule has 1 aliphatic rings. The maximum Gasteiger partial charge on any atom is 0.0273 e. The molecule has 0 spiro atoms. The summed E-state index contributed by atoms with van der Waals surface area (Å²) in [5.74, 6) is 0. The summed E-state index contributed by atoms with van der Waals surface area (Å²) >= 11 is 0. The predicted octanol–water partition coefficient (Wildman–Crippen LogP) is 3.12. The van der Waals surface area contributed by atoms with Crippen LogP contribution in [0.3, 0.4) is 0 Å². The van der Waals surface area contributed by atoms with Crippen molar-refractivity contribution in [2.45, 2.75) is 47.2 Å². The molecule has 0 amide bonds. The molecule has 1 aromatic carbocycles. The third-order valence-electron chi connectivity index (χ3n) is 4.02. The van der Waals surface area contributed by atoms with E-state index in [0.29, 0.717) is 11.5 Å². The van der Waals surface area contributed by atoms with Gasteiger partial charge < -0.3 is 5.32 Å². The number of hydrogen-bond donors (Lipinski definition) is 1. The summed E-state index contributed by atoms with van der Waals surface area (Å²) in [4.78, 5) is 2.64. The van der Waals surface area contributed by atoms with E-state index in [-0.39, 0.29) is 0 Å². The van der Waals surface area contributed by atoms with Gasteiger partial charge in [0.15, 0.2) is 0 Å². The average Bonchev–Trinajstić information content (AvgIpc) is 2.26. The van der Waals surface area contributed by atoms with E-state index >= 15 is 0 Å². The number of nitrogens with one attached hydrogen (secondary N) is 1. The Morgan fingerprint density at radius 1 is 1.16 bits per heavy atom. The molecule has 106 valence electrons. The normalized spacial score (nSPS) is 21.6. The van der Waals surface area contributed by atoms with Crippen LogP contribution in [0.15, 0.2) is 18.2 Å². The largest absolute Gasteiger partial charge is 0.314 e. The molecule has 2 heteroatoms. The molecule has 19 heavy (non-hydrogen) atoms. The number of hydrogen-bond acceptors (Lipinski definition) is 2. The smallest absolute Gasteiger partial charge is 0.0273 e. The van der Waals surface area contributed by atoms with E-state index in [1.165, 1.54) is 16.7 Å². The third-order valence-corrected chi connectivity index (χ3v) is 4.02. The van der Waals surface area contributed by atoms with Crippen LogP contribution in [0.1, 0.15) is 37.5 Å². The van der Waals surface area contributed by atoms with Gasteiger partial charge in [-0.3, -0.25) is 4.90 Å². The zero-order valence-electron chi connectivity index (χ0n) is 13.1. The molecule has 1 fully saturated rings. The van der Waals surface area contributed by atoms with Crippen LogP contribution in [0.25, 0.3) is 0 Å². The lowest BCUT2D eigenvalue weighted by molar-refractivity contribution is 0.0689. The lowest BCUT2D eigenvalue weighted by atomic mass is 9.84. The summed E-state index contributed by atoms with van der Waals surface area (Å²) in [5, 5.41) is 3.54. The summed E-state index contributed by atoms with van der Waals surface area (Å²) in [7, 11) is 0. The molecule has 1 saturated heterocycles. The molecule has 2 nitrogen and oxygen atoms in total. The van der Waals surface area contributed by atoms with Crippen LogP contribution in [0.2, 0.25) is 0 Å². The van der Waals surface area contributed by atoms with Crippen molar-refractivity contribution in [3.8, 4) is 0 Å². The first-order valence-corrected chi connectivity index (χ1v) is 7.38. The average molecular weight is 260 g/mol. The molecule has 1 heterocycles. The van der Waals surface area contributed by atoms with Crippen molar-refractivity contribution in [1.82, 2.24) is 10.2 Å². The lowest BCUT2D eigenvalue weighted by Crippen LogP contribution is -2.56. The van der Waals surface area contributed by atoms with Gasteiger partial charge in [0.05, 0.1) is 0 Å². The minimum atomic E-state index is 0.326. The first kappa shape index (κ1) is 14.5. The van der Waals surface area contributed by atoms with Crippen LogP contribution >= 0.6 is 0 Å². The molecule has 0 radical (unpaired) electrons. The molecular weight excluding hydrogens is 232 g/mol. The molecule has 1 aliphatic heterocycles. The van der Waals surface area contributed by atoms with Crippen molar-refractivity contribution < 1.29 is 0 Å². The third kappa shape index (κ3) is 3.80. The molecule has 0 saturated carbocycles. The molecule has 0 aliphatic carbocycles. The molecule has 1 unspecified atom stereocenters. The van der Waals surface area contributed by atoms with Crippen molar-refractivity contribution in [1.29, 1.82) is 0 Å². The van der Waals surface area contributed by atoms with Crippen molar-refractivity contribution >= 4 is 0 Å². The van der Waals surface area contributed by atoms with Gasteiger partial charge in [0.2, 0.25) is 0 Å². The van der Waals surface area contributed by atoms with Crippen LogP contribution < -0.4 is 5.32 Å². The van der Waals surface area contributed by atoms with E-state index in [1.54, 1.807) is 0 Å². The Morgan fingerprint density at radius 3 is 2.37 bits per heavy atom. The van der Waals surface area contributed by atoms with E-state index in [1.807, 2.05) is 0 Å². The topological polar surface area (TPSA) is 15.3 Å². The van der Waals surface area contributed by atoms with Gasteiger partial charge in [0, 0.05) is 32.2 Å². The molecule has 1 N–H and O–H groups in total. The molecule has 1 aromatic rings. The molecule has 0 bridgehead atoms. The van der Waals surface area contributed by atoms with Gasteiger partial charge in [-0.2, -0.15) is 0 Å². The van der Waals surface area contributed by atoms with Gasteiger partial charge in [-0.1, -0.05) is 50.1 Å². The van der Waals surface area contributed by atoms with Crippen LogP contribution in [0.5, 0.6) is 0 Å². The Morgan fingerprint density at radius 2 is 1.79 bits per heavy atom. The maximum absolute atomic E-state index is 3.54. The standard InChI is InChI=1S/C17H28N2/c1-13-8-14(2)10-15(9-13)12-19-7-6-18-11-16(19)17(3,4)5/h8-10,16,18H,6-7,11-12H2,1-5H3. The zero-order chi connectivity index (χ0) is 14.0. The first-order valence-electron chi connectivity index (χ1n) is 7.38. The van der Waals surface area contributed by atoms with Gasteiger partial charge in [0.25, 0.3) is 0 Å². The van der Waals surface area contributed by atoms with Crippen molar-refractivity contribution in [3.63, 3.8) is 0 Å². The van der Waals surface area contributed by atoms with Gasteiger partial charge in [-0.05, 0) is 24.8 Å².